The fourth-order valence-corrected chi connectivity index (χ4v) is 4.10. The first-order chi connectivity index (χ1) is 15.8. The summed E-state index contributed by atoms with van der Waals surface area (Å²) in [6.07, 6.45) is 5.41. The van der Waals surface area contributed by atoms with Crippen molar-refractivity contribution in [2.24, 2.45) is 0 Å². The molecule has 192 valence electrons. The molecule has 1 fully saturated rings. The normalized spacial score (nSPS) is 16.4. The van der Waals surface area contributed by atoms with E-state index in [1.807, 2.05) is 0 Å². The van der Waals surface area contributed by atoms with Crippen molar-refractivity contribution < 1.29 is 14.4 Å². The zero-order valence-corrected chi connectivity index (χ0v) is 21.9. The van der Waals surface area contributed by atoms with E-state index in [1.54, 1.807) is 35.8 Å². The summed E-state index contributed by atoms with van der Waals surface area (Å²) in [5, 5.41) is 6.61. The highest BCUT2D eigenvalue weighted by molar-refractivity contribution is 6.12. The van der Waals surface area contributed by atoms with Crippen molar-refractivity contribution in [2.75, 3.05) is 73.5 Å². The summed E-state index contributed by atoms with van der Waals surface area (Å²) < 4.78 is 0. The van der Waals surface area contributed by atoms with Gasteiger partial charge in [-0.25, -0.2) is 4.79 Å². The molecule has 0 unspecified atom stereocenters. The maximum absolute atomic E-state index is 14.1. The van der Waals surface area contributed by atoms with E-state index in [4.69, 9.17) is 0 Å². The van der Waals surface area contributed by atoms with Crippen LogP contribution >= 0.6 is 0 Å². The van der Waals surface area contributed by atoms with Crippen LogP contribution in [0, 0.1) is 0 Å². The molecule has 1 aliphatic rings. The smallest absolute Gasteiger partial charge is 0.321 e. The molecule has 0 radical (unpaired) electrons. The van der Waals surface area contributed by atoms with E-state index in [2.05, 4.69) is 31.4 Å². The van der Waals surface area contributed by atoms with Crippen LogP contribution in [0.4, 0.5) is 4.79 Å². The van der Waals surface area contributed by atoms with E-state index in [0.717, 1.165) is 38.5 Å². The molecule has 0 aromatic carbocycles. The van der Waals surface area contributed by atoms with Gasteiger partial charge in [0.2, 0.25) is 5.54 Å². The van der Waals surface area contributed by atoms with Crippen molar-refractivity contribution in [1.29, 1.82) is 0 Å². The van der Waals surface area contributed by atoms with E-state index in [0.29, 0.717) is 39.3 Å². The van der Waals surface area contributed by atoms with E-state index in [1.165, 1.54) is 4.90 Å². The molecule has 0 aromatic heterocycles. The summed E-state index contributed by atoms with van der Waals surface area (Å²) in [6.45, 7) is 10.2. The lowest BCUT2D eigenvalue weighted by Gasteiger charge is -2.45. The highest BCUT2D eigenvalue weighted by Crippen LogP contribution is 2.24. The lowest BCUT2D eigenvalue weighted by atomic mass is 9.92. The first kappa shape index (κ1) is 29.2. The summed E-state index contributed by atoms with van der Waals surface area (Å²) in [7, 11) is 5.24. The SMILES string of the molecule is CCCCN(C)C(=O)N1CCNCCNCC1(C(=O)N(C)CCCC)C(=O)N(C)CCCC. The molecule has 0 aliphatic carbocycles. The van der Waals surface area contributed by atoms with Crippen LogP contribution in [-0.2, 0) is 9.59 Å². The van der Waals surface area contributed by atoms with Gasteiger partial charge in [-0.3, -0.25) is 14.5 Å². The van der Waals surface area contributed by atoms with Gasteiger partial charge in [0.1, 0.15) is 0 Å². The standard InChI is InChI=1S/C24H48N6O3/c1-7-10-16-27(4)21(31)24(22(32)28(5)17-11-8-2)20-26-14-13-25-15-19-30(24)23(33)29(6)18-12-9-3/h25-26H,7-20H2,1-6H3. The molecule has 1 rings (SSSR count). The van der Waals surface area contributed by atoms with Crippen molar-refractivity contribution in [3.8, 4) is 0 Å². The van der Waals surface area contributed by atoms with E-state index in [9.17, 15) is 14.4 Å². The Labute approximate surface area is 201 Å². The number of nitrogens with zero attached hydrogens (tertiary/aromatic N) is 4. The molecule has 1 saturated heterocycles. The van der Waals surface area contributed by atoms with Crippen LogP contribution < -0.4 is 10.6 Å². The predicted molar refractivity (Wildman–Crippen MR) is 133 cm³/mol. The van der Waals surface area contributed by atoms with E-state index in [-0.39, 0.29) is 30.9 Å². The number of urea groups is 1. The summed E-state index contributed by atoms with van der Waals surface area (Å²) in [5.41, 5.74) is -1.62. The molecular weight excluding hydrogens is 420 g/mol. The largest absolute Gasteiger partial charge is 0.343 e. The monoisotopic (exact) mass is 468 g/mol. The number of hydrogen-bond donors (Lipinski definition) is 2. The zero-order valence-electron chi connectivity index (χ0n) is 21.9. The van der Waals surface area contributed by atoms with E-state index < -0.39 is 5.54 Å². The van der Waals surface area contributed by atoms with Crippen LogP contribution in [0.3, 0.4) is 0 Å². The van der Waals surface area contributed by atoms with Crippen LogP contribution in [0.25, 0.3) is 0 Å². The highest BCUT2D eigenvalue weighted by Gasteiger charge is 2.55. The minimum absolute atomic E-state index is 0.104. The number of likely N-dealkylation sites (N-methyl/N-ethyl adjacent to an activating group) is 2. The molecule has 0 aromatic rings. The van der Waals surface area contributed by atoms with Gasteiger partial charge in [-0.1, -0.05) is 40.0 Å². The van der Waals surface area contributed by atoms with Gasteiger partial charge in [0.15, 0.2) is 0 Å². The third-order valence-corrected chi connectivity index (χ3v) is 6.33. The molecule has 0 atom stereocenters. The maximum Gasteiger partial charge on any atom is 0.321 e. The van der Waals surface area contributed by atoms with Gasteiger partial charge in [0.05, 0.1) is 0 Å². The Bertz CT molecular complexity index is 589. The first-order valence-electron chi connectivity index (χ1n) is 12.7. The summed E-state index contributed by atoms with van der Waals surface area (Å²) in [5.74, 6) is -0.619. The number of amides is 4. The number of unbranched alkanes of at least 4 members (excludes halogenated alkanes) is 3. The first-order valence-corrected chi connectivity index (χ1v) is 12.7. The predicted octanol–water partition coefficient (Wildman–Crippen LogP) is 1.59. The quantitative estimate of drug-likeness (QED) is 0.450. The van der Waals surface area contributed by atoms with Crippen LogP contribution in [0.5, 0.6) is 0 Å². The zero-order chi connectivity index (χ0) is 24.9. The summed E-state index contributed by atoms with van der Waals surface area (Å²) >= 11 is 0. The van der Waals surface area contributed by atoms with Gasteiger partial charge in [0.25, 0.3) is 11.8 Å². The fraction of sp³-hybridized carbons (Fsp3) is 0.875. The Morgan fingerprint density at radius 2 is 1.18 bits per heavy atom. The number of rotatable bonds is 11. The van der Waals surface area contributed by atoms with Crippen molar-refractivity contribution in [3.63, 3.8) is 0 Å². The molecular formula is C24H48N6O3. The third-order valence-electron chi connectivity index (χ3n) is 6.33. The van der Waals surface area contributed by atoms with Gasteiger partial charge in [0, 0.05) is 73.5 Å². The number of hydrogen-bond acceptors (Lipinski definition) is 5. The van der Waals surface area contributed by atoms with Crippen LogP contribution in [0.2, 0.25) is 0 Å². The third kappa shape index (κ3) is 7.84. The summed E-state index contributed by atoms with van der Waals surface area (Å²) in [4.78, 5) is 48.3. The Balaban J connectivity index is 3.54. The second-order valence-electron chi connectivity index (χ2n) is 9.16. The molecule has 1 heterocycles. The number of carbonyl (C=O) groups excluding carboxylic acids is 3. The van der Waals surface area contributed by atoms with Gasteiger partial charge in [-0.15, -0.1) is 0 Å². The average Bonchev–Trinajstić information content (AvgIpc) is 2.93. The molecule has 9 nitrogen and oxygen atoms in total. The number of carbonyl (C=O) groups is 3. The molecule has 0 saturated carbocycles. The molecule has 33 heavy (non-hydrogen) atoms. The van der Waals surface area contributed by atoms with Gasteiger partial charge >= 0.3 is 6.03 Å². The van der Waals surface area contributed by atoms with Crippen molar-refractivity contribution >= 4 is 17.8 Å². The van der Waals surface area contributed by atoms with E-state index >= 15 is 0 Å². The molecule has 4 amide bonds. The Morgan fingerprint density at radius 1 is 0.727 bits per heavy atom. The Kier molecular flexibility index (Phi) is 13.4. The maximum atomic E-state index is 14.1. The highest BCUT2D eigenvalue weighted by atomic mass is 16.2. The topological polar surface area (TPSA) is 88.2 Å². The van der Waals surface area contributed by atoms with Crippen molar-refractivity contribution in [2.45, 2.75) is 64.8 Å². The summed E-state index contributed by atoms with van der Waals surface area (Å²) in [6, 6.07) is -0.275. The second kappa shape index (κ2) is 15.1. The molecule has 2 N–H and O–H groups in total. The Morgan fingerprint density at radius 3 is 1.67 bits per heavy atom. The molecule has 1 aliphatic heterocycles. The minimum atomic E-state index is -1.62. The fourth-order valence-electron chi connectivity index (χ4n) is 4.10. The van der Waals surface area contributed by atoms with Crippen LogP contribution in [0.1, 0.15) is 59.3 Å². The molecule has 9 heteroatoms. The van der Waals surface area contributed by atoms with Gasteiger partial charge in [-0.2, -0.15) is 0 Å². The Hall–Kier alpha value is -1.87. The minimum Gasteiger partial charge on any atom is -0.343 e. The van der Waals surface area contributed by atoms with Gasteiger partial charge < -0.3 is 25.3 Å². The van der Waals surface area contributed by atoms with Crippen molar-refractivity contribution in [3.05, 3.63) is 0 Å². The van der Waals surface area contributed by atoms with Gasteiger partial charge in [-0.05, 0) is 19.3 Å². The second-order valence-corrected chi connectivity index (χ2v) is 9.16. The molecule has 0 bridgehead atoms. The van der Waals surface area contributed by atoms with Crippen LogP contribution in [-0.4, -0.2) is 116 Å². The molecule has 0 spiro atoms. The van der Waals surface area contributed by atoms with Crippen LogP contribution in [0.15, 0.2) is 0 Å². The lowest BCUT2D eigenvalue weighted by molar-refractivity contribution is -0.156. The van der Waals surface area contributed by atoms with Crippen molar-refractivity contribution in [1.82, 2.24) is 30.2 Å². The number of nitrogens with one attached hydrogen (secondary N) is 2. The lowest BCUT2D eigenvalue weighted by Crippen LogP contribution is -2.73. The average molecular weight is 469 g/mol.